The minimum atomic E-state index is -0.537. The van der Waals surface area contributed by atoms with Crippen molar-refractivity contribution in [2.24, 2.45) is 0 Å². The Bertz CT molecular complexity index is 420. The molecule has 0 saturated heterocycles. The van der Waals surface area contributed by atoms with Crippen molar-refractivity contribution in [3.05, 3.63) is 28.8 Å². The number of hydrogen-bond donors (Lipinski definition) is 0. The average Bonchev–Trinajstić information content (AvgIpc) is 2.14. The molecule has 0 aliphatic heterocycles. The van der Waals surface area contributed by atoms with Crippen LogP contribution in [0.5, 0.6) is 0 Å². The molecule has 78 valence electrons. The maximum atomic E-state index is 11.3. The number of benzene rings is 1. The molecule has 1 aromatic carbocycles. The number of anilines is 1. The van der Waals surface area contributed by atoms with Gasteiger partial charge in [-0.05, 0) is 31.9 Å². The molecule has 0 bridgehead atoms. The largest absolute Gasteiger partial charge is 0.329 e. The van der Waals surface area contributed by atoms with Crippen LogP contribution in [0, 0.1) is 32.1 Å². The zero-order valence-electron chi connectivity index (χ0n) is 9.46. The highest BCUT2D eigenvalue weighted by Crippen LogP contribution is 2.25. The third-order valence-electron chi connectivity index (χ3n) is 2.37. The van der Waals surface area contributed by atoms with Gasteiger partial charge >= 0.3 is 5.91 Å². The highest BCUT2D eigenvalue weighted by molar-refractivity contribution is 6.04. The highest BCUT2D eigenvalue weighted by Gasteiger charge is 2.14. The maximum Gasteiger partial charge on any atom is 0.329 e. The summed E-state index contributed by atoms with van der Waals surface area (Å²) in [6.07, 6.45) is 0. The second kappa shape index (κ2) is 4.14. The number of carbonyl (C=O) groups is 1. The Hall–Kier alpha value is -1.82. The van der Waals surface area contributed by atoms with E-state index in [9.17, 15) is 4.79 Å². The van der Waals surface area contributed by atoms with Gasteiger partial charge in [0.1, 0.15) is 0 Å². The Morgan fingerprint density at radius 1 is 1.27 bits per heavy atom. The second-order valence-electron chi connectivity index (χ2n) is 3.72. The molecule has 0 unspecified atom stereocenters. The van der Waals surface area contributed by atoms with E-state index in [0.717, 1.165) is 22.4 Å². The van der Waals surface area contributed by atoms with E-state index in [0.29, 0.717) is 0 Å². The van der Waals surface area contributed by atoms with Gasteiger partial charge < -0.3 is 4.90 Å². The molecule has 1 aromatic rings. The number of nitrogens with zero attached hydrogens (tertiary/aromatic N) is 2. The first-order chi connectivity index (χ1) is 6.97. The second-order valence-corrected chi connectivity index (χ2v) is 3.72. The minimum Gasteiger partial charge on any atom is -0.302 e. The Labute approximate surface area is 89.9 Å². The minimum absolute atomic E-state index is 0.537. The number of aryl methyl sites for hydroxylation is 3. The van der Waals surface area contributed by atoms with E-state index in [4.69, 9.17) is 5.26 Å². The Balaban J connectivity index is 3.27. The lowest BCUT2D eigenvalue weighted by molar-refractivity contribution is -0.113. The zero-order chi connectivity index (χ0) is 11.6. The normalized spacial score (nSPS) is 9.53. The van der Waals surface area contributed by atoms with Gasteiger partial charge in [-0.15, -0.1) is 0 Å². The fourth-order valence-corrected chi connectivity index (χ4v) is 1.88. The Morgan fingerprint density at radius 2 is 1.73 bits per heavy atom. The molecule has 3 nitrogen and oxygen atoms in total. The molecule has 0 aliphatic carbocycles. The lowest BCUT2D eigenvalue weighted by Crippen LogP contribution is -2.25. The van der Waals surface area contributed by atoms with Crippen LogP contribution in [0.25, 0.3) is 0 Å². The smallest absolute Gasteiger partial charge is 0.302 e. The SMILES string of the molecule is Cc1cc(C)c(N(C)C(=O)C#N)c(C)c1. The van der Waals surface area contributed by atoms with E-state index >= 15 is 0 Å². The first-order valence-electron chi connectivity index (χ1n) is 4.73. The molecular formula is C12H14N2O. The Morgan fingerprint density at radius 3 is 2.13 bits per heavy atom. The van der Waals surface area contributed by atoms with Crippen molar-refractivity contribution in [3.8, 4) is 6.07 Å². The number of hydrogen-bond acceptors (Lipinski definition) is 2. The average molecular weight is 202 g/mol. The van der Waals surface area contributed by atoms with Crippen LogP contribution < -0.4 is 4.90 Å². The summed E-state index contributed by atoms with van der Waals surface area (Å²) in [6, 6.07) is 5.63. The van der Waals surface area contributed by atoms with Crippen molar-refractivity contribution >= 4 is 11.6 Å². The van der Waals surface area contributed by atoms with Gasteiger partial charge in [0.25, 0.3) is 0 Å². The lowest BCUT2D eigenvalue weighted by atomic mass is 10.0. The summed E-state index contributed by atoms with van der Waals surface area (Å²) in [5.41, 5.74) is 4.01. The monoisotopic (exact) mass is 202 g/mol. The van der Waals surface area contributed by atoms with Crippen molar-refractivity contribution in [2.75, 3.05) is 11.9 Å². The van der Waals surface area contributed by atoms with Gasteiger partial charge in [-0.25, -0.2) is 0 Å². The number of nitriles is 1. The number of rotatable bonds is 1. The maximum absolute atomic E-state index is 11.3. The topological polar surface area (TPSA) is 44.1 Å². The first kappa shape index (κ1) is 11.3. The molecule has 0 N–H and O–H groups in total. The van der Waals surface area contributed by atoms with Gasteiger partial charge in [0.2, 0.25) is 0 Å². The molecule has 0 spiro atoms. The van der Waals surface area contributed by atoms with E-state index in [-0.39, 0.29) is 0 Å². The van der Waals surface area contributed by atoms with Crippen LogP contribution in [0.1, 0.15) is 16.7 Å². The zero-order valence-corrected chi connectivity index (χ0v) is 9.46. The number of carbonyl (C=O) groups excluding carboxylic acids is 1. The van der Waals surface area contributed by atoms with Crippen molar-refractivity contribution in [3.63, 3.8) is 0 Å². The van der Waals surface area contributed by atoms with Gasteiger partial charge in [0, 0.05) is 7.05 Å². The summed E-state index contributed by atoms with van der Waals surface area (Å²) in [6.45, 7) is 5.89. The van der Waals surface area contributed by atoms with Gasteiger partial charge in [0.05, 0.1) is 5.69 Å². The molecule has 0 aromatic heterocycles. The predicted molar refractivity (Wildman–Crippen MR) is 59.7 cm³/mol. The van der Waals surface area contributed by atoms with Crippen LogP contribution in [-0.2, 0) is 4.79 Å². The fourth-order valence-electron chi connectivity index (χ4n) is 1.88. The highest BCUT2D eigenvalue weighted by atomic mass is 16.2. The molecule has 15 heavy (non-hydrogen) atoms. The van der Waals surface area contributed by atoms with Gasteiger partial charge in [-0.2, -0.15) is 5.26 Å². The standard InChI is InChI=1S/C12H14N2O/c1-8-5-9(2)12(10(3)6-8)14(4)11(15)7-13/h5-6H,1-4H3. The molecule has 0 radical (unpaired) electrons. The van der Waals surface area contributed by atoms with Crippen molar-refractivity contribution in [1.82, 2.24) is 0 Å². The summed E-state index contributed by atoms with van der Waals surface area (Å²) in [7, 11) is 1.62. The van der Waals surface area contributed by atoms with Crippen LogP contribution in [0.3, 0.4) is 0 Å². The first-order valence-corrected chi connectivity index (χ1v) is 4.73. The van der Waals surface area contributed by atoms with Gasteiger partial charge in [0.15, 0.2) is 6.07 Å². The number of amides is 1. The molecule has 0 heterocycles. The van der Waals surface area contributed by atoms with Crippen LogP contribution in [-0.4, -0.2) is 13.0 Å². The Kier molecular flexibility index (Phi) is 3.11. The van der Waals surface area contributed by atoms with E-state index in [1.807, 2.05) is 32.9 Å². The van der Waals surface area contributed by atoms with Crippen molar-refractivity contribution in [2.45, 2.75) is 20.8 Å². The lowest BCUT2D eigenvalue weighted by Gasteiger charge is -2.19. The summed E-state index contributed by atoms with van der Waals surface area (Å²) in [5, 5.41) is 8.56. The van der Waals surface area contributed by atoms with E-state index in [2.05, 4.69) is 0 Å². The van der Waals surface area contributed by atoms with Crippen LogP contribution in [0.4, 0.5) is 5.69 Å². The van der Waals surface area contributed by atoms with Crippen molar-refractivity contribution in [1.29, 1.82) is 5.26 Å². The van der Waals surface area contributed by atoms with E-state index in [1.165, 1.54) is 4.90 Å². The van der Waals surface area contributed by atoms with Crippen molar-refractivity contribution < 1.29 is 4.79 Å². The molecule has 0 saturated carbocycles. The summed E-state index contributed by atoms with van der Waals surface area (Å²) in [5.74, 6) is -0.537. The quantitative estimate of drug-likeness (QED) is 0.654. The molecule has 0 aliphatic rings. The summed E-state index contributed by atoms with van der Waals surface area (Å²) >= 11 is 0. The van der Waals surface area contributed by atoms with Gasteiger partial charge in [-0.3, -0.25) is 4.79 Å². The fraction of sp³-hybridized carbons (Fsp3) is 0.333. The molecule has 3 heteroatoms. The third-order valence-corrected chi connectivity index (χ3v) is 2.37. The van der Waals surface area contributed by atoms with E-state index in [1.54, 1.807) is 13.1 Å². The van der Waals surface area contributed by atoms with Crippen LogP contribution in [0.2, 0.25) is 0 Å². The van der Waals surface area contributed by atoms with Gasteiger partial charge in [-0.1, -0.05) is 17.7 Å². The summed E-state index contributed by atoms with van der Waals surface area (Å²) in [4.78, 5) is 12.7. The molecule has 0 atom stereocenters. The van der Waals surface area contributed by atoms with E-state index < -0.39 is 5.91 Å². The molecule has 0 fully saturated rings. The molecule has 1 rings (SSSR count). The third kappa shape index (κ3) is 2.16. The molecular weight excluding hydrogens is 188 g/mol. The molecule has 1 amide bonds. The summed E-state index contributed by atoms with van der Waals surface area (Å²) < 4.78 is 0. The predicted octanol–water partition coefficient (Wildman–Crippen LogP) is 2.10. The van der Waals surface area contributed by atoms with Crippen LogP contribution in [0.15, 0.2) is 12.1 Å². The van der Waals surface area contributed by atoms with Crippen LogP contribution >= 0.6 is 0 Å².